The molecule has 0 aromatic heterocycles. The van der Waals surface area contributed by atoms with Crippen LogP contribution in [0.1, 0.15) is 27.8 Å². The van der Waals surface area contributed by atoms with E-state index in [-0.39, 0.29) is 4.90 Å². The van der Waals surface area contributed by atoms with Gasteiger partial charge in [-0.1, -0.05) is 35.4 Å². The van der Waals surface area contributed by atoms with Crippen molar-refractivity contribution in [2.45, 2.75) is 54.1 Å². The number of benzene rings is 2. The van der Waals surface area contributed by atoms with E-state index in [1.165, 1.54) is 22.6 Å². The number of alkyl halides is 4. The molecule has 0 spiro atoms. The maximum Gasteiger partial charge on any atom is 0.417 e. The van der Waals surface area contributed by atoms with Crippen molar-refractivity contribution in [1.82, 2.24) is 4.72 Å². The van der Waals surface area contributed by atoms with Crippen LogP contribution in [-0.2, 0) is 10.0 Å². The van der Waals surface area contributed by atoms with Crippen molar-refractivity contribution in [3.8, 4) is 0 Å². The van der Waals surface area contributed by atoms with Gasteiger partial charge < -0.3 is 0 Å². The predicted octanol–water partition coefficient (Wildman–Crippen LogP) is 5.99. The monoisotopic (exact) mass is 557 g/mol. The Morgan fingerprint density at radius 3 is 2.00 bits per heavy atom. The lowest BCUT2D eigenvalue weighted by Crippen LogP contribution is -2.55. The quantitative estimate of drug-likeness (QED) is 0.205. The molecule has 9 heteroatoms. The third-order valence-electron chi connectivity index (χ3n) is 4.39. The van der Waals surface area contributed by atoms with E-state index < -0.39 is 25.5 Å². The molecule has 0 saturated carbocycles. The maximum atomic E-state index is 14.0. The molecule has 3 nitrogen and oxygen atoms in total. The van der Waals surface area contributed by atoms with Crippen molar-refractivity contribution in [3.63, 3.8) is 0 Å². The standard InChI is InChI=1S/C20H23F3INO2S2/c1-12-6-7-14(3)17(10-12)28-11-19(24,20(21,22)23)25-29(26,27)18-15(4)8-13(2)9-16(18)5/h6-10,25H,11H2,1-5H3. The molecule has 2 aromatic carbocycles. The van der Waals surface area contributed by atoms with E-state index in [9.17, 15) is 21.6 Å². The Bertz CT molecular complexity index is 1000. The SMILES string of the molecule is Cc1cc(C)c(S(=O)(=O)NC(I)(CSc2cc(C)ccc2C)C(F)(F)F)c(C)c1. The molecule has 0 bridgehead atoms. The highest BCUT2D eigenvalue weighted by atomic mass is 127. The third-order valence-corrected chi connectivity index (χ3v) is 9.66. The van der Waals surface area contributed by atoms with Crippen LogP contribution in [0, 0.1) is 34.6 Å². The highest BCUT2D eigenvalue weighted by molar-refractivity contribution is 14.1. The molecule has 2 rings (SSSR count). The molecule has 0 aliphatic rings. The van der Waals surface area contributed by atoms with Crippen LogP contribution in [-0.4, -0.2) is 23.9 Å². The normalized spacial score (nSPS) is 14.7. The molecule has 160 valence electrons. The van der Waals surface area contributed by atoms with Crippen LogP contribution in [0.5, 0.6) is 0 Å². The highest BCUT2D eigenvalue weighted by Gasteiger charge is 2.55. The Morgan fingerprint density at radius 2 is 1.48 bits per heavy atom. The predicted molar refractivity (Wildman–Crippen MR) is 120 cm³/mol. The zero-order valence-corrected chi connectivity index (χ0v) is 20.5. The molecule has 0 aliphatic carbocycles. The van der Waals surface area contributed by atoms with Gasteiger partial charge in [0.2, 0.25) is 10.0 Å². The summed E-state index contributed by atoms with van der Waals surface area (Å²) in [5.74, 6) is -0.495. The van der Waals surface area contributed by atoms with Crippen molar-refractivity contribution < 1.29 is 21.6 Å². The van der Waals surface area contributed by atoms with Gasteiger partial charge in [0.05, 0.1) is 4.90 Å². The summed E-state index contributed by atoms with van der Waals surface area (Å²) in [6.45, 7) is 8.65. The van der Waals surface area contributed by atoms with Crippen LogP contribution >= 0.6 is 34.4 Å². The van der Waals surface area contributed by atoms with Gasteiger partial charge in [0, 0.05) is 10.6 Å². The van der Waals surface area contributed by atoms with Crippen molar-refractivity contribution >= 4 is 44.4 Å². The number of nitrogens with one attached hydrogen (secondary N) is 1. The second kappa shape index (κ2) is 8.76. The lowest BCUT2D eigenvalue weighted by Gasteiger charge is -2.31. The van der Waals surface area contributed by atoms with Gasteiger partial charge in [0.25, 0.3) is 0 Å². The molecule has 1 unspecified atom stereocenters. The summed E-state index contributed by atoms with van der Waals surface area (Å²) < 4.78 is 67.0. The molecule has 0 heterocycles. The van der Waals surface area contributed by atoms with E-state index in [1.54, 1.807) is 32.0 Å². The largest absolute Gasteiger partial charge is 0.417 e. The number of thioether (sulfide) groups is 1. The zero-order valence-electron chi connectivity index (χ0n) is 16.7. The summed E-state index contributed by atoms with van der Waals surface area (Å²) in [4.78, 5) is 0.585. The van der Waals surface area contributed by atoms with E-state index in [2.05, 4.69) is 0 Å². The van der Waals surface area contributed by atoms with E-state index >= 15 is 0 Å². The average molecular weight is 557 g/mol. The van der Waals surface area contributed by atoms with Crippen LogP contribution < -0.4 is 4.72 Å². The van der Waals surface area contributed by atoms with Crippen molar-refractivity contribution in [3.05, 3.63) is 58.1 Å². The van der Waals surface area contributed by atoms with Gasteiger partial charge in [-0.25, -0.2) is 8.42 Å². The second-order valence-electron chi connectivity index (χ2n) is 7.19. The summed E-state index contributed by atoms with van der Waals surface area (Å²) in [6, 6.07) is 8.81. The number of rotatable bonds is 6. The maximum absolute atomic E-state index is 14.0. The molecule has 0 amide bonds. The summed E-state index contributed by atoms with van der Waals surface area (Å²) in [6.07, 6.45) is -4.78. The topological polar surface area (TPSA) is 46.2 Å². The first kappa shape index (κ1) is 24.5. The van der Waals surface area contributed by atoms with E-state index in [0.717, 1.165) is 28.5 Å². The second-order valence-corrected chi connectivity index (χ2v) is 11.7. The Balaban J connectivity index is 2.41. The smallest absolute Gasteiger partial charge is 0.207 e. The minimum atomic E-state index is -4.78. The zero-order chi connectivity index (χ0) is 22.2. The minimum absolute atomic E-state index is 0.106. The van der Waals surface area contributed by atoms with Crippen LogP contribution in [0.25, 0.3) is 0 Å². The fourth-order valence-corrected chi connectivity index (χ4v) is 7.33. The fraction of sp³-hybridized carbons (Fsp3) is 0.400. The molecule has 29 heavy (non-hydrogen) atoms. The number of sulfonamides is 1. The molecular weight excluding hydrogens is 534 g/mol. The Hall–Kier alpha value is -0.780. The number of halogens is 4. The molecule has 0 fully saturated rings. The Labute approximate surface area is 188 Å². The van der Waals surface area contributed by atoms with E-state index in [4.69, 9.17) is 0 Å². The van der Waals surface area contributed by atoms with Crippen LogP contribution in [0.4, 0.5) is 13.2 Å². The molecule has 1 atom stereocenters. The number of aryl methyl sites for hydroxylation is 5. The number of hydrogen-bond donors (Lipinski definition) is 1. The summed E-state index contributed by atoms with van der Waals surface area (Å²) in [5, 5.41) is 0. The minimum Gasteiger partial charge on any atom is -0.207 e. The van der Waals surface area contributed by atoms with Crippen molar-refractivity contribution in [2.75, 3.05) is 5.75 Å². The lowest BCUT2D eigenvalue weighted by molar-refractivity contribution is -0.151. The molecule has 0 saturated heterocycles. The first-order valence-corrected chi connectivity index (χ1v) is 12.3. The van der Waals surface area contributed by atoms with Crippen molar-refractivity contribution in [2.24, 2.45) is 0 Å². The third kappa shape index (κ3) is 5.68. The van der Waals surface area contributed by atoms with Gasteiger partial charge in [-0.3, -0.25) is 0 Å². The van der Waals surface area contributed by atoms with Gasteiger partial charge in [-0.15, -0.1) is 11.8 Å². The number of hydrogen-bond acceptors (Lipinski definition) is 3. The van der Waals surface area contributed by atoms with Gasteiger partial charge in [-0.2, -0.15) is 17.9 Å². The fourth-order valence-electron chi connectivity index (χ4n) is 3.06. The van der Waals surface area contributed by atoms with Crippen molar-refractivity contribution in [1.29, 1.82) is 0 Å². The van der Waals surface area contributed by atoms with Gasteiger partial charge in [0.15, 0.2) is 3.55 Å². The van der Waals surface area contributed by atoms with Crippen LogP contribution in [0.3, 0.4) is 0 Å². The summed E-state index contributed by atoms with van der Waals surface area (Å²) >= 11 is 2.16. The van der Waals surface area contributed by atoms with Gasteiger partial charge in [-0.05, 0) is 80.0 Å². The van der Waals surface area contributed by atoms with E-state index in [0.29, 0.717) is 16.0 Å². The Kier molecular flexibility index (Phi) is 7.40. The van der Waals surface area contributed by atoms with Crippen LogP contribution in [0.15, 0.2) is 40.1 Å². The average Bonchev–Trinajstić information content (AvgIpc) is 2.52. The first-order valence-electron chi connectivity index (χ1n) is 8.74. The summed E-state index contributed by atoms with van der Waals surface area (Å²) in [5.41, 5.74) is 3.45. The highest BCUT2D eigenvalue weighted by Crippen LogP contribution is 2.42. The first-order chi connectivity index (χ1) is 13.2. The summed E-state index contributed by atoms with van der Waals surface area (Å²) in [7, 11) is -4.39. The molecule has 0 aliphatic heterocycles. The van der Waals surface area contributed by atoms with Gasteiger partial charge in [0.1, 0.15) is 0 Å². The molecule has 1 N–H and O–H groups in total. The lowest BCUT2D eigenvalue weighted by atomic mass is 10.1. The van der Waals surface area contributed by atoms with Crippen LogP contribution in [0.2, 0.25) is 0 Å². The Morgan fingerprint density at radius 1 is 0.931 bits per heavy atom. The van der Waals surface area contributed by atoms with Gasteiger partial charge >= 0.3 is 6.18 Å². The molecular formula is C20H23F3INO2S2. The molecule has 2 aromatic rings. The molecule has 0 radical (unpaired) electrons. The van der Waals surface area contributed by atoms with E-state index in [1.807, 2.05) is 37.6 Å².